The SMILES string of the molecule is COc1cc(F)c2c(c1)C1(COC(N)=N1)c1cc(Br)ccc1O2. The van der Waals surface area contributed by atoms with Gasteiger partial charge in [-0.25, -0.2) is 9.38 Å². The molecular weight excluding hydrogens is 367 g/mol. The fourth-order valence-corrected chi connectivity index (χ4v) is 3.33. The van der Waals surface area contributed by atoms with E-state index in [1.54, 1.807) is 12.1 Å². The van der Waals surface area contributed by atoms with Gasteiger partial charge in [0.2, 0.25) is 0 Å². The minimum absolute atomic E-state index is 0.0620. The number of nitrogens with two attached hydrogens (primary N) is 1. The van der Waals surface area contributed by atoms with Gasteiger partial charge in [0.25, 0.3) is 6.02 Å². The minimum atomic E-state index is -0.952. The molecule has 1 unspecified atom stereocenters. The highest BCUT2D eigenvalue weighted by molar-refractivity contribution is 9.10. The predicted molar refractivity (Wildman–Crippen MR) is 85.5 cm³/mol. The van der Waals surface area contributed by atoms with Crippen LogP contribution in [0, 0.1) is 5.82 Å². The predicted octanol–water partition coefficient (Wildman–Crippen LogP) is 3.29. The number of amidine groups is 1. The van der Waals surface area contributed by atoms with Crippen molar-refractivity contribution < 1.29 is 18.6 Å². The number of benzene rings is 2. The van der Waals surface area contributed by atoms with E-state index in [1.165, 1.54) is 13.2 Å². The maximum atomic E-state index is 14.5. The molecule has 0 saturated carbocycles. The Morgan fingerprint density at radius 1 is 1.30 bits per heavy atom. The summed E-state index contributed by atoms with van der Waals surface area (Å²) in [4.78, 5) is 4.47. The quantitative estimate of drug-likeness (QED) is 0.826. The summed E-state index contributed by atoms with van der Waals surface area (Å²) in [6, 6.07) is 8.50. The van der Waals surface area contributed by atoms with Crippen LogP contribution in [0.15, 0.2) is 39.8 Å². The van der Waals surface area contributed by atoms with Gasteiger partial charge in [0.05, 0.1) is 7.11 Å². The lowest BCUT2D eigenvalue weighted by Gasteiger charge is -2.33. The summed E-state index contributed by atoms with van der Waals surface area (Å²) in [6.07, 6.45) is 0. The Bertz CT molecular complexity index is 855. The van der Waals surface area contributed by atoms with Crippen molar-refractivity contribution in [2.75, 3.05) is 13.7 Å². The number of nitrogens with zero attached hydrogens (tertiary/aromatic N) is 1. The third kappa shape index (κ3) is 1.99. The number of hydrogen-bond donors (Lipinski definition) is 1. The smallest absolute Gasteiger partial charge is 0.283 e. The minimum Gasteiger partial charge on any atom is -0.497 e. The van der Waals surface area contributed by atoms with Crippen LogP contribution in [0.4, 0.5) is 4.39 Å². The molecule has 0 amide bonds. The van der Waals surface area contributed by atoms with Crippen LogP contribution in [0.3, 0.4) is 0 Å². The number of halogens is 2. The molecule has 118 valence electrons. The summed E-state index contributed by atoms with van der Waals surface area (Å²) in [5.74, 6) is 0.491. The molecule has 2 N–H and O–H groups in total. The Morgan fingerprint density at radius 3 is 2.83 bits per heavy atom. The Hall–Kier alpha value is -2.28. The summed E-state index contributed by atoms with van der Waals surface area (Å²) in [6.45, 7) is 0.172. The Morgan fingerprint density at radius 2 is 2.13 bits per heavy atom. The first-order chi connectivity index (χ1) is 11.0. The lowest BCUT2D eigenvalue weighted by Crippen LogP contribution is -2.31. The Labute approximate surface area is 140 Å². The number of fused-ring (bicyclic) bond motifs is 4. The Balaban J connectivity index is 2.05. The van der Waals surface area contributed by atoms with Gasteiger partial charge in [-0.05, 0) is 24.3 Å². The summed E-state index contributed by atoms with van der Waals surface area (Å²) in [7, 11) is 1.48. The average molecular weight is 379 g/mol. The summed E-state index contributed by atoms with van der Waals surface area (Å²) >= 11 is 3.44. The van der Waals surface area contributed by atoms with Crippen LogP contribution < -0.4 is 15.2 Å². The second kappa shape index (κ2) is 4.86. The molecule has 7 heteroatoms. The number of hydrogen-bond acceptors (Lipinski definition) is 5. The van der Waals surface area contributed by atoms with Gasteiger partial charge in [-0.1, -0.05) is 15.9 Å². The van der Waals surface area contributed by atoms with Gasteiger partial charge < -0.3 is 19.9 Å². The highest BCUT2D eigenvalue weighted by atomic mass is 79.9. The number of aliphatic imine (C=N–C) groups is 1. The standard InChI is InChI=1S/C16H12BrFN2O3/c1-21-9-5-11-14(12(18)6-9)23-13-3-2-8(17)4-10(13)16(11)7-22-15(19)20-16/h2-6H,7H2,1H3,(H2,19,20). The molecule has 0 bridgehead atoms. The van der Waals surface area contributed by atoms with E-state index in [9.17, 15) is 4.39 Å². The van der Waals surface area contributed by atoms with E-state index in [0.29, 0.717) is 17.1 Å². The van der Waals surface area contributed by atoms with Crippen LogP contribution in [0.25, 0.3) is 0 Å². The van der Waals surface area contributed by atoms with E-state index in [2.05, 4.69) is 20.9 Å². The molecule has 0 aromatic heterocycles. The summed E-state index contributed by atoms with van der Waals surface area (Å²) in [5, 5.41) is 0. The second-order valence-corrected chi connectivity index (χ2v) is 6.24. The van der Waals surface area contributed by atoms with Crippen molar-refractivity contribution in [3.8, 4) is 17.2 Å². The normalized spacial score (nSPS) is 21.1. The first-order valence-electron chi connectivity index (χ1n) is 6.87. The molecule has 4 rings (SSSR count). The molecule has 2 heterocycles. The average Bonchev–Trinajstić information content (AvgIpc) is 2.92. The monoisotopic (exact) mass is 378 g/mol. The van der Waals surface area contributed by atoms with Gasteiger partial charge in [0.15, 0.2) is 17.1 Å². The van der Waals surface area contributed by atoms with Crippen LogP contribution >= 0.6 is 15.9 Å². The van der Waals surface area contributed by atoms with Crippen molar-refractivity contribution in [3.63, 3.8) is 0 Å². The highest BCUT2D eigenvalue weighted by Crippen LogP contribution is 2.52. The van der Waals surface area contributed by atoms with Gasteiger partial charge in [-0.2, -0.15) is 0 Å². The van der Waals surface area contributed by atoms with Crippen molar-refractivity contribution >= 4 is 22.0 Å². The van der Waals surface area contributed by atoms with E-state index in [-0.39, 0.29) is 18.4 Å². The van der Waals surface area contributed by atoms with Gasteiger partial charge in [-0.3, -0.25) is 0 Å². The largest absolute Gasteiger partial charge is 0.497 e. The molecule has 0 saturated heterocycles. The summed E-state index contributed by atoms with van der Waals surface area (Å²) in [5.41, 5.74) is 6.08. The van der Waals surface area contributed by atoms with Gasteiger partial charge in [-0.15, -0.1) is 0 Å². The molecule has 2 aliphatic rings. The Kier molecular flexibility index (Phi) is 3.02. The zero-order valence-corrected chi connectivity index (χ0v) is 13.7. The van der Waals surface area contributed by atoms with E-state index in [1.807, 2.05) is 12.1 Å². The van der Waals surface area contributed by atoms with Crippen LogP contribution in [-0.4, -0.2) is 19.7 Å². The van der Waals surface area contributed by atoms with E-state index in [0.717, 1.165) is 10.0 Å². The maximum absolute atomic E-state index is 14.5. The number of methoxy groups -OCH3 is 1. The molecule has 0 radical (unpaired) electrons. The van der Waals surface area contributed by atoms with Crippen molar-refractivity contribution in [1.29, 1.82) is 0 Å². The van der Waals surface area contributed by atoms with Gasteiger partial charge in [0.1, 0.15) is 18.1 Å². The van der Waals surface area contributed by atoms with Crippen LogP contribution in [0.2, 0.25) is 0 Å². The van der Waals surface area contributed by atoms with Crippen molar-refractivity contribution in [3.05, 3.63) is 51.7 Å². The van der Waals surface area contributed by atoms with Crippen molar-refractivity contribution in [1.82, 2.24) is 0 Å². The second-order valence-electron chi connectivity index (χ2n) is 5.33. The molecule has 2 aromatic carbocycles. The third-order valence-corrected chi connectivity index (χ3v) is 4.52. The zero-order chi connectivity index (χ0) is 16.2. The molecule has 1 spiro atoms. The van der Waals surface area contributed by atoms with Crippen molar-refractivity contribution in [2.24, 2.45) is 10.7 Å². The molecule has 0 fully saturated rings. The molecule has 5 nitrogen and oxygen atoms in total. The topological polar surface area (TPSA) is 66.1 Å². The number of rotatable bonds is 1. The van der Waals surface area contributed by atoms with Crippen molar-refractivity contribution in [2.45, 2.75) is 5.54 Å². The lowest BCUT2D eigenvalue weighted by molar-refractivity contribution is 0.261. The lowest BCUT2D eigenvalue weighted by atomic mass is 9.81. The third-order valence-electron chi connectivity index (χ3n) is 4.03. The van der Waals surface area contributed by atoms with Gasteiger partial charge >= 0.3 is 0 Å². The maximum Gasteiger partial charge on any atom is 0.283 e. The zero-order valence-electron chi connectivity index (χ0n) is 12.1. The highest BCUT2D eigenvalue weighted by Gasteiger charge is 2.48. The summed E-state index contributed by atoms with van der Waals surface area (Å²) < 4.78 is 31.7. The number of ether oxygens (including phenoxy) is 3. The fourth-order valence-electron chi connectivity index (χ4n) is 2.97. The molecule has 2 aromatic rings. The fraction of sp³-hybridized carbons (Fsp3) is 0.188. The first kappa shape index (κ1) is 14.3. The van der Waals surface area contributed by atoms with Gasteiger partial charge in [0, 0.05) is 21.7 Å². The van der Waals surface area contributed by atoms with Crippen LogP contribution in [0.5, 0.6) is 17.2 Å². The molecule has 1 atom stereocenters. The first-order valence-corrected chi connectivity index (χ1v) is 7.67. The van der Waals surface area contributed by atoms with E-state index >= 15 is 0 Å². The molecular formula is C16H12BrFN2O3. The molecule has 2 aliphatic heterocycles. The molecule has 0 aliphatic carbocycles. The van der Waals surface area contributed by atoms with E-state index in [4.69, 9.17) is 19.9 Å². The van der Waals surface area contributed by atoms with Crippen LogP contribution in [-0.2, 0) is 10.3 Å². The van der Waals surface area contributed by atoms with E-state index < -0.39 is 11.4 Å². The van der Waals surface area contributed by atoms with Crippen LogP contribution in [0.1, 0.15) is 11.1 Å². The molecule has 23 heavy (non-hydrogen) atoms.